The second-order valence-electron chi connectivity index (χ2n) is 10.7. The van der Waals surface area contributed by atoms with Crippen LogP contribution in [0.1, 0.15) is 59.3 Å². The van der Waals surface area contributed by atoms with Gasteiger partial charge in [0.1, 0.15) is 5.82 Å². The smallest absolute Gasteiger partial charge is 0.233 e. The van der Waals surface area contributed by atoms with Crippen LogP contribution in [0, 0.1) is 29.5 Å². The van der Waals surface area contributed by atoms with Crippen LogP contribution in [-0.2, 0) is 11.3 Å². The Morgan fingerprint density at radius 2 is 1.75 bits per heavy atom. The molecule has 2 aromatic rings. The van der Waals surface area contributed by atoms with E-state index in [1.54, 1.807) is 18.2 Å². The summed E-state index contributed by atoms with van der Waals surface area (Å²) in [7, 11) is 0. The fourth-order valence-corrected chi connectivity index (χ4v) is 7.44. The molecule has 1 N–H and O–H groups in total. The Morgan fingerprint density at radius 3 is 2.34 bits per heavy atom. The molecule has 7 heteroatoms. The lowest BCUT2D eigenvalue weighted by Gasteiger charge is -2.57. The summed E-state index contributed by atoms with van der Waals surface area (Å²) in [6, 6.07) is 6.65. The number of thioether (sulfide) groups is 1. The molecule has 4 saturated carbocycles. The van der Waals surface area contributed by atoms with Crippen LogP contribution in [0.3, 0.4) is 0 Å². The predicted molar refractivity (Wildman–Crippen MR) is 125 cm³/mol. The van der Waals surface area contributed by atoms with E-state index in [4.69, 9.17) is 0 Å². The number of nitrogens with zero attached hydrogens (tertiary/aromatic N) is 3. The number of aromatic nitrogens is 3. The van der Waals surface area contributed by atoms with Crippen molar-refractivity contribution in [2.75, 3.05) is 0 Å². The van der Waals surface area contributed by atoms with Crippen LogP contribution in [0.2, 0.25) is 0 Å². The third kappa shape index (κ3) is 4.20. The van der Waals surface area contributed by atoms with Gasteiger partial charge in [-0.2, -0.15) is 0 Å². The van der Waals surface area contributed by atoms with Crippen molar-refractivity contribution in [3.8, 4) is 11.4 Å². The van der Waals surface area contributed by atoms with E-state index in [2.05, 4.69) is 29.4 Å². The van der Waals surface area contributed by atoms with Crippen LogP contribution < -0.4 is 5.32 Å². The molecule has 0 radical (unpaired) electrons. The molecule has 5 nitrogen and oxygen atoms in total. The molecule has 4 aliphatic carbocycles. The first kappa shape index (κ1) is 21.9. The zero-order valence-electron chi connectivity index (χ0n) is 19.2. The quantitative estimate of drug-likeness (QED) is 0.574. The van der Waals surface area contributed by atoms with Crippen LogP contribution in [0.4, 0.5) is 4.39 Å². The van der Waals surface area contributed by atoms with Gasteiger partial charge in [0, 0.05) is 12.1 Å². The minimum atomic E-state index is -0.311. The number of carbonyl (C=O) groups excluding carboxylic acids is 1. The van der Waals surface area contributed by atoms with Gasteiger partial charge in [-0.05, 0) is 81.3 Å². The number of hydrogen-bond donors (Lipinski definition) is 1. The lowest BCUT2D eigenvalue weighted by atomic mass is 9.53. The van der Waals surface area contributed by atoms with Gasteiger partial charge < -0.3 is 9.88 Å². The number of rotatable bonds is 7. The Hall–Kier alpha value is -1.89. The summed E-state index contributed by atoms with van der Waals surface area (Å²) < 4.78 is 16.4. The number of hydrogen-bond acceptors (Lipinski definition) is 4. The van der Waals surface area contributed by atoms with E-state index in [1.807, 2.05) is 11.5 Å². The van der Waals surface area contributed by atoms with E-state index in [1.165, 1.54) is 37.1 Å². The molecule has 32 heavy (non-hydrogen) atoms. The highest BCUT2D eigenvalue weighted by Crippen LogP contribution is 2.55. The predicted octanol–water partition coefficient (Wildman–Crippen LogP) is 5.31. The van der Waals surface area contributed by atoms with Gasteiger partial charge in [0.2, 0.25) is 5.91 Å². The summed E-state index contributed by atoms with van der Waals surface area (Å²) in [5.41, 5.74) is 0.447. The number of amides is 1. The first-order valence-electron chi connectivity index (χ1n) is 12.0. The van der Waals surface area contributed by atoms with Crippen molar-refractivity contribution in [3.63, 3.8) is 0 Å². The van der Waals surface area contributed by atoms with Crippen LogP contribution in [-0.4, -0.2) is 31.5 Å². The lowest BCUT2D eigenvalue weighted by molar-refractivity contribution is -0.126. The van der Waals surface area contributed by atoms with Crippen molar-refractivity contribution in [2.24, 2.45) is 23.7 Å². The minimum Gasteiger partial charge on any atom is -0.350 e. The second kappa shape index (κ2) is 8.47. The minimum absolute atomic E-state index is 0.00455. The average Bonchev–Trinajstić information content (AvgIpc) is 3.08. The SMILES string of the molecule is CC(C)Cn1c(SC(C)C(=O)NC23CC4CC(CC(C4)C2)C3)nnc1-c1ccccc1F. The van der Waals surface area contributed by atoms with E-state index < -0.39 is 0 Å². The Morgan fingerprint density at radius 1 is 1.12 bits per heavy atom. The van der Waals surface area contributed by atoms with E-state index >= 15 is 0 Å². The largest absolute Gasteiger partial charge is 0.350 e. The maximum absolute atomic E-state index is 14.5. The normalized spacial score (nSPS) is 29.5. The molecule has 1 amide bonds. The molecule has 4 bridgehead atoms. The maximum atomic E-state index is 14.5. The highest BCUT2D eigenvalue weighted by Gasteiger charge is 2.51. The number of benzene rings is 1. The summed E-state index contributed by atoms with van der Waals surface area (Å²) in [6.45, 7) is 6.84. The molecular weight excluding hydrogens is 423 g/mol. The molecule has 1 aromatic carbocycles. The number of nitrogens with one attached hydrogen (secondary N) is 1. The van der Waals surface area contributed by atoms with Crippen molar-refractivity contribution in [3.05, 3.63) is 30.1 Å². The number of carbonyl (C=O) groups is 1. The summed E-state index contributed by atoms with van der Waals surface area (Å²) in [6.07, 6.45) is 7.50. The summed E-state index contributed by atoms with van der Waals surface area (Å²) in [5.74, 6) is 3.02. The fraction of sp³-hybridized carbons (Fsp3) is 0.640. The van der Waals surface area contributed by atoms with Gasteiger partial charge in [-0.25, -0.2) is 4.39 Å². The highest BCUT2D eigenvalue weighted by molar-refractivity contribution is 8.00. The van der Waals surface area contributed by atoms with Gasteiger partial charge in [-0.1, -0.05) is 37.7 Å². The molecule has 0 spiro atoms. The van der Waals surface area contributed by atoms with Crippen LogP contribution >= 0.6 is 11.8 Å². The molecule has 1 aromatic heterocycles. The zero-order chi connectivity index (χ0) is 22.5. The first-order chi connectivity index (χ1) is 15.3. The van der Waals surface area contributed by atoms with Crippen LogP contribution in [0.25, 0.3) is 11.4 Å². The summed E-state index contributed by atoms with van der Waals surface area (Å²) in [5, 5.41) is 12.5. The standard InChI is InChI=1S/C25H33FN4OS/c1-15(2)14-30-22(20-6-4-5-7-21(20)26)28-29-24(30)32-16(3)23(31)27-25-11-17-8-18(12-25)10-19(9-17)13-25/h4-7,15-19H,8-14H2,1-3H3,(H,27,31). The van der Waals surface area contributed by atoms with Gasteiger partial charge in [-0.3, -0.25) is 4.79 Å². The van der Waals surface area contributed by atoms with Crippen molar-refractivity contribution in [1.29, 1.82) is 0 Å². The van der Waals surface area contributed by atoms with Gasteiger partial charge in [0.05, 0.1) is 10.8 Å². The van der Waals surface area contributed by atoms with Gasteiger partial charge in [0.25, 0.3) is 0 Å². The van der Waals surface area contributed by atoms with Crippen molar-refractivity contribution < 1.29 is 9.18 Å². The average molecular weight is 457 g/mol. The molecule has 1 heterocycles. The first-order valence-corrected chi connectivity index (χ1v) is 12.9. The van der Waals surface area contributed by atoms with Crippen LogP contribution in [0.5, 0.6) is 0 Å². The number of halogens is 1. The van der Waals surface area contributed by atoms with Gasteiger partial charge in [-0.15, -0.1) is 10.2 Å². The monoisotopic (exact) mass is 456 g/mol. The van der Waals surface area contributed by atoms with Crippen molar-refractivity contribution in [2.45, 2.75) is 81.8 Å². The molecule has 4 aliphatic rings. The molecule has 0 saturated heterocycles. The fourth-order valence-electron chi connectivity index (χ4n) is 6.59. The van der Waals surface area contributed by atoms with Crippen molar-refractivity contribution >= 4 is 17.7 Å². The third-order valence-electron chi connectivity index (χ3n) is 7.46. The third-order valence-corrected chi connectivity index (χ3v) is 8.54. The van der Waals surface area contributed by atoms with Crippen molar-refractivity contribution in [1.82, 2.24) is 20.1 Å². The molecule has 1 atom stereocenters. The second-order valence-corrected chi connectivity index (χ2v) is 12.0. The van der Waals surface area contributed by atoms with E-state index in [0.29, 0.717) is 29.0 Å². The molecule has 6 rings (SSSR count). The maximum Gasteiger partial charge on any atom is 0.233 e. The van der Waals surface area contributed by atoms with Crippen LogP contribution in [0.15, 0.2) is 29.4 Å². The zero-order valence-corrected chi connectivity index (χ0v) is 20.0. The van der Waals surface area contributed by atoms with E-state index in [0.717, 1.165) is 37.0 Å². The Kier molecular flexibility index (Phi) is 5.81. The molecular formula is C25H33FN4OS. The van der Waals surface area contributed by atoms with E-state index in [9.17, 15) is 9.18 Å². The Balaban J connectivity index is 1.33. The topological polar surface area (TPSA) is 59.8 Å². The lowest BCUT2D eigenvalue weighted by Crippen LogP contribution is -2.60. The summed E-state index contributed by atoms with van der Waals surface area (Å²) >= 11 is 1.43. The summed E-state index contributed by atoms with van der Waals surface area (Å²) in [4.78, 5) is 13.2. The van der Waals surface area contributed by atoms with Gasteiger partial charge in [0.15, 0.2) is 11.0 Å². The Bertz CT molecular complexity index is 968. The van der Waals surface area contributed by atoms with E-state index in [-0.39, 0.29) is 22.5 Å². The molecule has 4 fully saturated rings. The van der Waals surface area contributed by atoms with Gasteiger partial charge >= 0.3 is 0 Å². The molecule has 172 valence electrons. The molecule has 0 aliphatic heterocycles. The molecule has 1 unspecified atom stereocenters. The highest BCUT2D eigenvalue weighted by atomic mass is 32.2. The Labute approximate surface area is 194 Å².